The molecular weight excluding hydrogens is 264 g/mol. The highest BCUT2D eigenvalue weighted by Gasteiger charge is 2.11. The maximum Gasteiger partial charge on any atom is -0.0327 e. The first-order valence-corrected chi connectivity index (χ1v) is 10.6. The predicted octanol–water partition coefficient (Wildman–Crippen LogP) is 8.35. The van der Waals surface area contributed by atoms with Gasteiger partial charge in [0.15, 0.2) is 0 Å². The zero-order chi connectivity index (χ0) is 16.5. The molecule has 1 radical (unpaired) electrons. The van der Waals surface area contributed by atoms with Crippen molar-refractivity contribution in [1.82, 2.24) is 0 Å². The van der Waals surface area contributed by atoms with E-state index < -0.39 is 0 Å². The molecule has 0 heteroatoms. The van der Waals surface area contributed by atoms with Crippen LogP contribution in [0.15, 0.2) is 0 Å². The topological polar surface area (TPSA) is 0 Å². The Bertz CT molecular complexity index is 196. The van der Waals surface area contributed by atoms with E-state index in [9.17, 15) is 0 Å². The van der Waals surface area contributed by atoms with Crippen molar-refractivity contribution in [3.05, 3.63) is 6.42 Å². The van der Waals surface area contributed by atoms with Crippen molar-refractivity contribution >= 4 is 0 Å². The second kappa shape index (κ2) is 17.4. The van der Waals surface area contributed by atoms with Gasteiger partial charge in [0.1, 0.15) is 0 Å². The predicted molar refractivity (Wildman–Crippen MR) is 103 cm³/mol. The highest BCUT2D eigenvalue weighted by Crippen LogP contribution is 2.24. The van der Waals surface area contributed by atoms with Crippen molar-refractivity contribution in [2.45, 2.75) is 124 Å². The van der Waals surface area contributed by atoms with Crippen LogP contribution in [-0.4, -0.2) is 0 Å². The summed E-state index contributed by atoms with van der Waals surface area (Å²) >= 11 is 0. The first kappa shape index (κ1) is 22.0. The van der Waals surface area contributed by atoms with Crippen LogP contribution in [0.4, 0.5) is 0 Å². The lowest BCUT2D eigenvalue weighted by Gasteiger charge is -2.19. The van der Waals surface area contributed by atoms with E-state index in [1.165, 1.54) is 96.3 Å². The van der Waals surface area contributed by atoms with Gasteiger partial charge in [0.2, 0.25) is 0 Å². The molecule has 0 fully saturated rings. The first-order chi connectivity index (χ1) is 10.7. The van der Waals surface area contributed by atoms with Crippen LogP contribution >= 0.6 is 0 Å². The standard InChI is InChI=1S/C22H45/c1-5-8-10-12-14-16-18-21(4)20-22(7-3)19-17-15-13-11-9-6-2/h20-22H,5-19H2,1-4H3. The summed E-state index contributed by atoms with van der Waals surface area (Å²) in [5, 5.41) is 0. The number of hydrogen-bond acceptors (Lipinski definition) is 0. The Morgan fingerprint density at radius 2 is 1.05 bits per heavy atom. The zero-order valence-corrected chi connectivity index (χ0v) is 16.3. The van der Waals surface area contributed by atoms with Gasteiger partial charge in [0.25, 0.3) is 0 Å². The van der Waals surface area contributed by atoms with Crippen molar-refractivity contribution in [1.29, 1.82) is 0 Å². The Hall–Kier alpha value is 0. The van der Waals surface area contributed by atoms with Gasteiger partial charge in [-0.3, -0.25) is 0 Å². The molecule has 2 unspecified atom stereocenters. The Balaban J connectivity index is 3.51. The van der Waals surface area contributed by atoms with Crippen LogP contribution in [0.2, 0.25) is 0 Å². The molecule has 0 aromatic heterocycles. The average Bonchev–Trinajstić information content (AvgIpc) is 2.52. The minimum Gasteiger partial charge on any atom is -0.0654 e. The van der Waals surface area contributed by atoms with Crippen LogP contribution in [0.3, 0.4) is 0 Å². The van der Waals surface area contributed by atoms with Crippen LogP contribution in [0, 0.1) is 18.3 Å². The Kier molecular flexibility index (Phi) is 17.4. The van der Waals surface area contributed by atoms with Gasteiger partial charge in [-0.05, 0) is 18.3 Å². The smallest absolute Gasteiger partial charge is 0.0327 e. The van der Waals surface area contributed by atoms with Crippen molar-refractivity contribution in [2.75, 3.05) is 0 Å². The molecule has 0 aliphatic rings. The van der Waals surface area contributed by atoms with Gasteiger partial charge in [-0.25, -0.2) is 0 Å². The van der Waals surface area contributed by atoms with Crippen molar-refractivity contribution in [2.24, 2.45) is 11.8 Å². The largest absolute Gasteiger partial charge is 0.0654 e. The van der Waals surface area contributed by atoms with Gasteiger partial charge >= 0.3 is 0 Å². The highest BCUT2D eigenvalue weighted by molar-refractivity contribution is 4.80. The second-order valence-corrected chi connectivity index (χ2v) is 7.45. The van der Waals surface area contributed by atoms with E-state index in [2.05, 4.69) is 34.1 Å². The highest BCUT2D eigenvalue weighted by atomic mass is 14.2. The first-order valence-electron chi connectivity index (χ1n) is 10.6. The third-order valence-electron chi connectivity index (χ3n) is 5.07. The fraction of sp³-hybridized carbons (Fsp3) is 0.955. The Labute approximate surface area is 142 Å². The SMILES string of the molecule is CCCCCCCCC(C)[CH]C(CC)CCCCCCCC. The fourth-order valence-electron chi connectivity index (χ4n) is 3.43. The summed E-state index contributed by atoms with van der Waals surface area (Å²) in [5.41, 5.74) is 0. The van der Waals surface area contributed by atoms with Crippen LogP contribution in [0.5, 0.6) is 0 Å². The van der Waals surface area contributed by atoms with Gasteiger partial charge in [0.05, 0.1) is 0 Å². The van der Waals surface area contributed by atoms with Crippen molar-refractivity contribution in [3.8, 4) is 0 Å². The van der Waals surface area contributed by atoms with Gasteiger partial charge < -0.3 is 0 Å². The van der Waals surface area contributed by atoms with Gasteiger partial charge in [-0.2, -0.15) is 0 Å². The molecule has 0 heterocycles. The third kappa shape index (κ3) is 14.9. The average molecular weight is 310 g/mol. The van der Waals surface area contributed by atoms with E-state index in [0.29, 0.717) is 0 Å². The summed E-state index contributed by atoms with van der Waals surface area (Å²) < 4.78 is 0. The van der Waals surface area contributed by atoms with Crippen LogP contribution in [-0.2, 0) is 0 Å². The molecule has 0 aromatic carbocycles. The maximum atomic E-state index is 2.68. The quantitative estimate of drug-likeness (QED) is 0.237. The van der Waals surface area contributed by atoms with Crippen molar-refractivity contribution < 1.29 is 0 Å². The molecule has 0 N–H and O–H groups in total. The summed E-state index contributed by atoms with van der Waals surface area (Å²) in [4.78, 5) is 0. The monoisotopic (exact) mass is 309 g/mol. The van der Waals surface area contributed by atoms with Gasteiger partial charge in [-0.15, -0.1) is 0 Å². The van der Waals surface area contributed by atoms with Gasteiger partial charge in [-0.1, -0.05) is 124 Å². The molecule has 0 nitrogen and oxygen atoms in total. The lowest BCUT2D eigenvalue weighted by Crippen LogP contribution is -2.07. The maximum absolute atomic E-state index is 2.68. The molecule has 0 amide bonds. The molecule has 0 saturated heterocycles. The normalized spacial score (nSPS) is 14.2. The number of unbranched alkanes of at least 4 members (excludes halogenated alkanes) is 10. The van der Waals surface area contributed by atoms with E-state index in [-0.39, 0.29) is 0 Å². The summed E-state index contributed by atoms with van der Waals surface area (Å²) in [6, 6.07) is 0. The molecule has 0 spiro atoms. The van der Waals surface area contributed by atoms with Crippen LogP contribution < -0.4 is 0 Å². The molecule has 0 saturated carbocycles. The van der Waals surface area contributed by atoms with E-state index in [0.717, 1.165) is 11.8 Å². The molecule has 133 valence electrons. The molecule has 22 heavy (non-hydrogen) atoms. The zero-order valence-electron chi connectivity index (χ0n) is 16.3. The lowest BCUT2D eigenvalue weighted by molar-refractivity contribution is 0.421. The molecule has 0 rings (SSSR count). The fourth-order valence-corrected chi connectivity index (χ4v) is 3.43. The Morgan fingerprint density at radius 1 is 0.591 bits per heavy atom. The molecule has 0 bridgehead atoms. The summed E-state index contributed by atoms with van der Waals surface area (Å²) in [6.45, 7) is 9.41. The number of hydrogen-bond donors (Lipinski definition) is 0. The molecule has 2 atom stereocenters. The third-order valence-corrected chi connectivity index (χ3v) is 5.07. The van der Waals surface area contributed by atoms with Crippen molar-refractivity contribution in [3.63, 3.8) is 0 Å². The summed E-state index contributed by atoms with van der Waals surface area (Å²) in [6.07, 6.45) is 24.1. The van der Waals surface area contributed by atoms with E-state index in [1.54, 1.807) is 0 Å². The van der Waals surface area contributed by atoms with Gasteiger partial charge in [0, 0.05) is 0 Å². The molecule has 0 aliphatic carbocycles. The Morgan fingerprint density at radius 3 is 1.55 bits per heavy atom. The second-order valence-electron chi connectivity index (χ2n) is 7.45. The lowest BCUT2D eigenvalue weighted by atomic mass is 9.86. The van der Waals surface area contributed by atoms with Crippen LogP contribution in [0.25, 0.3) is 0 Å². The molecule has 0 aromatic rings. The minimum atomic E-state index is 0.830. The summed E-state index contributed by atoms with van der Waals surface area (Å²) in [5.74, 6) is 1.71. The minimum absolute atomic E-state index is 0.830. The number of rotatable bonds is 17. The molecular formula is C22H45. The van der Waals surface area contributed by atoms with E-state index in [4.69, 9.17) is 0 Å². The van der Waals surface area contributed by atoms with E-state index >= 15 is 0 Å². The van der Waals surface area contributed by atoms with Crippen LogP contribution in [0.1, 0.15) is 124 Å². The molecule has 0 aliphatic heterocycles. The summed E-state index contributed by atoms with van der Waals surface area (Å²) in [7, 11) is 0. The van der Waals surface area contributed by atoms with E-state index in [1.807, 2.05) is 0 Å².